The molecule has 0 spiro atoms. The van der Waals surface area contributed by atoms with E-state index in [4.69, 9.17) is 24.9 Å². The molecule has 0 rings (SSSR count). The molecule has 0 aliphatic heterocycles. The summed E-state index contributed by atoms with van der Waals surface area (Å²) < 4.78 is 0. The van der Waals surface area contributed by atoms with Gasteiger partial charge in [0.15, 0.2) is 0 Å². The molecule has 0 aliphatic carbocycles. The van der Waals surface area contributed by atoms with Gasteiger partial charge in [0.2, 0.25) is 6.16 Å². The second kappa shape index (κ2) is 17.4. The first-order chi connectivity index (χ1) is 3.46. The summed E-state index contributed by atoms with van der Waals surface area (Å²) in [6, 6.07) is 0. The standard InChI is InChI=1S/CH3NO2.CH2O3.Cs.K/c2*2-1(3)4;;/h2H2,(H,3,4);(H2,2,3,4);;/q;;2*+1/p-2. The fourth-order valence-corrected chi connectivity index (χ4v) is 0. The summed E-state index contributed by atoms with van der Waals surface area (Å²) in [5.41, 5.74) is 3.92. The molecule has 0 saturated heterocycles. The molecule has 0 aromatic heterocycles. The Morgan fingerprint density at radius 2 is 1.30 bits per heavy atom. The maximum absolute atomic E-state index is 8.67. The predicted octanol–water partition coefficient (Wildman–Crippen LogP) is -8.82. The van der Waals surface area contributed by atoms with Crippen molar-refractivity contribution in [3.8, 4) is 0 Å². The Morgan fingerprint density at radius 3 is 1.30 bits per heavy atom. The first-order valence-corrected chi connectivity index (χ1v) is 1.33. The molecular weight excluding hydrogens is 290 g/mol. The van der Waals surface area contributed by atoms with Crippen molar-refractivity contribution >= 4 is 12.2 Å². The Hall–Kier alpha value is 2.23. The van der Waals surface area contributed by atoms with E-state index in [1.54, 1.807) is 0 Å². The van der Waals surface area contributed by atoms with Crippen LogP contribution in [-0.2, 0) is 0 Å². The van der Waals surface area contributed by atoms with Crippen LogP contribution in [0.1, 0.15) is 0 Å². The summed E-state index contributed by atoms with van der Waals surface area (Å²) in [5, 5.41) is 24.0. The molecule has 0 aliphatic rings. The Morgan fingerprint density at radius 1 is 1.30 bits per heavy atom. The number of hydrogen-bond donors (Lipinski definition) is 2. The molecule has 0 aromatic rings. The number of rotatable bonds is 0. The quantitative estimate of drug-likeness (QED) is 0.429. The fraction of sp³-hybridized carbons (Fsp3) is 0. The molecule has 0 radical (unpaired) electrons. The molecule has 10 heavy (non-hydrogen) atoms. The smallest absolute Gasteiger partial charge is 0.565 e. The Kier molecular flexibility index (Phi) is 39.5. The summed E-state index contributed by atoms with van der Waals surface area (Å²) in [7, 11) is 0. The molecule has 0 aromatic carbocycles. The van der Waals surface area contributed by atoms with Gasteiger partial charge in [0.25, 0.3) is 0 Å². The third-order valence-corrected chi connectivity index (χ3v) is 0. The molecule has 0 heterocycles. The zero-order valence-electron chi connectivity index (χ0n) is 5.66. The Labute approximate surface area is 158 Å². The van der Waals surface area contributed by atoms with Crippen molar-refractivity contribution < 1.29 is 145 Å². The summed E-state index contributed by atoms with van der Waals surface area (Å²) in [5.74, 6) is 0. The van der Waals surface area contributed by atoms with E-state index in [0.717, 1.165) is 0 Å². The molecule has 0 bridgehead atoms. The van der Waals surface area contributed by atoms with Crippen LogP contribution < -0.4 is 136 Å². The minimum atomic E-state index is -2.08. The molecule has 0 saturated carbocycles. The van der Waals surface area contributed by atoms with E-state index in [-0.39, 0.29) is 120 Å². The summed E-state index contributed by atoms with van der Waals surface area (Å²) in [4.78, 5) is 17.1. The van der Waals surface area contributed by atoms with Crippen LogP contribution in [0.25, 0.3) is 0 Å². The summed E-state index contributed by atoms with van der Waals surface area (Å²) >= 11 is 0. The van der Waals surface area contributed by atoms with Gasteiger partial charge in [0.1, 0.15) is 6.09 Å². The summed E-state index contributed by atoms with van der Waals surface area (Å²) in [6.07, 6.45) is -3.67. The van der Waals surface area contributed by atoms with Crippen molar-refractivity contribution in [2.45, 2.75) is 0 Å². The molecule has 8 heteroatoms. The van der Waals surface area contributed by atoms with Gasteiger partial charge >= 0.3 is 120 Å². The average Bonchev–Trinajstić information content (AvgIpc) is 1.25. The van der Waals surface area contributed by atoms with Crippen LogP contribution in [0, 0.1) is 0 Å². The minimum Gasteiger partial charge on any atom is -0.565 e. The third kappa shape index (κ3) is 175. The van der Waals surface area contributed by atoms with E-state index in [2.05, 4.69) is 5.73 Å². The number of carboxylic acid groups (broad SMARTS) is 3. The summed E-state index contributed by atoms with van der Waals surface area (Å²) in [6.45, 7) is 0. The maximum atomic E-state index is 8.67. The third-order valence-electron chi connectivity index (χ3n) is 0. The number of primary amides is 1. The Balaban J connectivity index is -0.0000000300. The van der Waals surface area contributed by atoms with Crippen LogP contribution in [0.3, 0.4) is 0 Å². The van der Waals surface area contributed by atoms with Crippen LogP contribution in [0.5, 0.6) is 0 Å². The van der Waals surface area contributed by atoms with Gasteiger partial charge in [-0.05, 0) is 0 Å². The van der Waals surface area contributed by atoms with Gasteiger partial charge in [0, 0.05) is 0 Å². The van der Waals surface area contributed by atoms with Crippen molar-refractivity contribution in [1.82, 2.24) is 0 Å². The predicted molar refractivity (Wildman–Crippen MR) is 17.6 cm³/mol. The molecule has 6 nitrogen and oxygen atoms in total. The van der Waals surface area contributed by atoms with Gasteiger partial charge in [-0.1, -0.05) is 0 Å². The van der Waals surface area contributed by atoms with Gasteiger partial charge < -0.3 is 30.6 Å². The SMILES string of the molecule is NC(=O)[O-].O=C([O-])O.[Cs+].[K+]. The van der Waals surface area contributed by atoms with Gasteiger partial charge in [0.05, 0.1) is 0 Å². The minimum absolute atomic E-state index is 0. The van der Waals surface area contributed by atoms with Crippen molar-refractivity contribution in [2.24, 2.45) is 5.73 Å². The van der Waals surface area contributed by atoms with E-state index < -0.39 is 12.2 Å². The van der Waals surface area contributed by atoms with E-state index in [1.807, 2.05) is 0 Å². The van der Waals surface area contributed by atoms with E-state index in [9.17, 15) is 0 Å². The molecule has 3 N–H and O–H groups in total. The molecule has 48 valence electrons. The topological polar surface area (TPSA) is 127 Å². The van der Waals surface area contributed by atoms with Crippen molar-refractivity contribution in [3.05, 3.63) is 0 Å². The van der Waals surface area contributed by atoms with Gasteiger partial charge in [-0.25, -0.2) is 0 Å². The van der Waals surface area contributed by atoms with Crippen LogP contribution in [0.15, 0.2) is 0 Å². The fourth-order valence-electron chi connectivity index (χ4n) is 0. The van der Waals surface area contributed by atoms with E-state index >= 15 is 0 Å². The van der Waals surface area contributed by atoms with Crippen molar-refractivity contribution in [1.29, 1.82) is 0 Å². The van der Waals surface area contributed by atoms with Crippen LogP contribution >= 0.6 is 0 Å². The first kappa shape index (κ1) is 22.8. The van der Waals surface area contributed by atoms with Crippen LogP contribution in [0.2, 0.25) is 0 Å². The van der Waals surface area contributed by atoms with Gasteiger partial charge in [-0.15, -0.1) is 0 Å². The van der Waals surface area contributed by atoms with Gasteiger partial charge in [-0.3, -0.25) is 0 Å². The second-order valence-electron chi connectivity index (χ2n) is 0.585. The molecule has 0 atom stereocenters. The second-order valence-corrected chi connectivity index (χ2v) is 0.585. The van der Waals surface area contributed by atoms with Crippen LogP contribution in [0.4, 0.5) is 9.59 Å². The molecule has 0 fully saturated rings. The van der Waals surface area contributed by atoms with E-state index in [1.165, 1.54) is 0 Å². The maximum Gasteiger partial charge on any atom is 1.00 e. The van der Waals surface area contributed by atoms with Crippen molar-refractivity contribution in [3.63, 3.8) is 0 Å². The van der Waals surface area contributed by atoms with Crippen LogP contribution in [-0.4, -0.2) is 17.4 Å². The zero-order valence-corrected chi connectivity index (χ0v) is 15.1. The van der Waals surface area contributed by atoms with E-state index in [0.29, 0.717) is 0 Å². The molecular formula is C2H3CsKNO5. The largest absolute Gasteiger partial charge is 1.00 e. The van der Waals surface area contributed by atoms with Crippen molar-refractivity contribution in [2.75, 3.05) is 0 Å². The number of carbonyl (C=O) groups is 2. The first-order valence-electron chi connectivity index (χ1n) is 1.33. The number of hydrogen-bond acceptors (Lipinski definition) is 4. The normalized spacial score (nSPS) is 4.80. The number of amides is 1. The Bertz CT molecular complexity index is 77.6. The molecule has 0 unspecified atom stereocenters. The zero-order chi connectivity index (χ0) is 7.15. The number of nitrogens with two attached hydrogens (primary N) is 1. The monoisotopic (exact) mass is 293 g/mol. The average molecular weight is 293 g/mol. The number of carbonyl (C=O) groups excluding carboxylic acids is 1. The van der Waals surface area contributed by atoms with Gasteiger partial charge in [-0.2, -0.15) is 0 Å². The molecule has 1 amide bonds.